The zero-order chi connectivity index (χ0) is 8.55. The molecule has 0 saturated carbocycles. The summed E-state index contributed by atoms with van der Waals surface area (Å²) in [6.07, 6.45) is 3.71. The fraction of sp³-hybridized carbons (Fsp3) is 0.625. The van der Waals surface area contributed by atoms with Crippen LogP contribution in [0.3, 0.4) is 0 Å². The molecule has 2 rings (SSSR count). The fourth-order valence-electron chi connectivity index (χ4n) is 1.39. The second-order valence-electron chi connectivity index (χ2n) is 3.05. The van der Waals surface area contributed by atoms with Crippen LogP contribution in [-0.4, -0.2) is 21.5 Å². The minimum Gasteiger partial charge on any atom is -0.504 e. The molecule has 1 fully saturated rings. The van der Waals surface area contributed by atoms with Crippen LogP contribution in [0.5, 0.6) is 5.75 Å². The molecule has 66 valence electrons. The Labute approximate surface area is 70.8 Å². The summed E-state index contributed by atoms with van der Waals surface area (Å²) in [5.41, 5.74) is 0.658. The van der Waals surface area contributed by atoms with E-state index in [1.165, 1.54) is 0 Å². The van der Waals surface area contributed by atoms with Crippen LogP contribution < -0.4 is 0 Å². The van der Waals surface area contributed by atoms with Crippen LogP contribution in [0.15, 0.2) is 6.20 Å². The lowest BCUT2D eigenvalue weighted by Gasteiger charge is -2.08. The van der Waals surface area contributed by atoms with Gasteiger partial charge < -0.3 is 9.84 Å². The van der Waals surface area contributed by atoms with Crippen molar-refractivity contribution in [2.45, 2.75) is 26.0 Å². The van der Waals surface area contributed by atoms with Gasteiger partial charge in [-0.3, -0.25) is 0 Å². The Hall–Kier alpha value is -1.03. The lowest BCUT2D eigenvalue weighted by Crippen LogP contribution is -2.07. The van der Waals surface area contributed by atoms with E-state index in [0.29, 0.717) is 5.69 Å². The molecule has 1 saturated heterocycles. The van der Waals surface area contributed by atoms with Crippen molar-refractivity contribution in [2.24, 2.45) is 0 Å². The molecule has 1 aliphatic rings. The molecule has 2 heterocycles. The minimum atomic E-state index is 0.0320. The molecule has 1 N–H and O–H groups in total. The first-order valence-corrected chi connectivity index (χ1v) is 4.13. The van der Waals surface area contributed by atoms with Crippen molar-refractivity contribution in [3.8, 4) is 5.75 Å². The van der Waals surface area contributed by atoms with Gasteiger partial charge in [0.1, 0.15) is 11.9 Å². The standard InChI is InChI=1S/C8H12N2O2/c1-6-7(11)5-10(9-6)8-3-2-4-12-8/h5,8,11H,2-4H2,1H3. The summed E-state index contributed by atoms with van der Waals surface area (Å²) < 4.78 is 7.09. The highest BCUT2D eigenvalue weighted by atomic mass is 16.5. The van der Waals surface area contributed by atoms with E-state index in [1.807, 2.05) is 0 Å². The predicted octanol–water partition coefficient (Wildman–Crippen LogP) is 1.21. The van der Waals surface area contributed by atoms with Gasteiger partial charge in [-0.05, 0) is 19.8 Å². The van der Waals surface area contributed by atoms with Gasteiger partial charge in [-0.2, -0.15) is 5.10 Å². The average molecular weight is 168 g/mol. The van der Waals surface area contributed by atoms with Crippen LogP contribution in [0.25, 0.3) is 0 Å². The normalized spacial score (nSPS) is 23.2. The summed E-state index contributed by atoms with van der Waals surface area (Å²) >= 11 is 0. The van der Waals surface area contributed by atoms with Gasteiger partial charge in [0.25, 0.3) is 0 Å². The topological polar surface area (TPSA) is 47.3 Å². The van der Waals surface area contributed by atoms with Gasteiger partial charge in [0, 0.05) is 6.61 Å². The molecule has 1 aliphatic heterocycles. The van der Waals surface area contributed by atoms with Crippen molar-refractivity contribution in [2.75, 3.05) is 6.61 Å². The SMILES string of the molecule is Cc1nn(C2CCCO2)cc1O. The summed E-state index contributed by atoms with van der Waals surface area (Å²) in [7, 11) is 0. The van der Waals surface area contributed by atoms with Crippen LogP contribution >= 0.6 is 0 Å². The van der Waals surface area contributed by atoms with Gasteiger partial charge in [0.15, 0.2) is 5.75 Å². The molecular formula is C8H12N2O2. The summed E-state index contributed by atoms with van der Waals surface area (Å²) in [6.45, 7) is 2.57. The summed E-state index contributed by atoms with van der Waals surface area (Å²) in [5, 5.41) is 13.4. The monoisotopic (exact) mass is 168 g/mol. The number of aromatic nitrogens is 2. The Morgan fingerprint density at radius 3 is 3.08 bits per heavy atom. The molecule has 0 aliphatic carbocycles. The first kappa shape index (κ1) is 7.61. The molecule has 0 aromatic carbocycles. The van der Waals surface area contributed by atoms with Gasteiger partial charge in [0.2, 0.25) is 0 Å². The zero-order valence-corrected chi connectivity index (χ0v) is 7.03. The molecule has 1 aromatic rings. The molecule has 0 radical (unpaired) electrons. The van der Waals surface area contributed by atoms with E-state index in [-0.39, 0.29) is 12.0 Å². The van der Waals surface area contributed by atoms with Crippen LogP contribution in [0.4, 0.5) is 0 Å². The van der Waals surface area contributed by atoms with Crippen molar-refractivity contribution in [1.29, 1.82) is 0 Å². The van der Waals surface area contributed by atoms with E-state index >= 15 is 0 Å². The van der Waals surface area contributed by atoms with Crippen molar-refractivity contribution >= 4 is 0 Å². The quantitative estimate of drug-likeness (QED) is 0.685. The fourth-order valence-corrected chi connectivity index (χ4v) is 1.39. The Kier molecular flexibility index (Phi) is 1.77. The maximum absolute atomic E-state index is 9.26. The Bertz CT molecular complexity index is 257. The Balaban J connectivity index is 2.21. The summed E-state index contributed by atoms with van der Waals surface area (Å²) in [4.78, 5) is 0. The molecule has 0 amide bonds. The van der Waals surface area contributed by atoms with Crippen LogP contribution in [0, 0.1) is 6.92 Å². The molecule has 4 nitrogen and oxygen atoms in total. The molecule has 1 unspecified atom stereocenters. The average Bonchev–Trinajstić information content (AvgIpc) is 2.61. The van der Waals surface area contributed by atoms with Crippen LogP contribution in [0.1, 0.15) is 24.8 Å². The molecule has 12 heavy (non-hydrogen) atoms. The Morgan fingerprint density at radius 2 is 2.58 bits per heavy atom. The first-order valence-electron chi connectivity index (χ1n) is 4.13. The summed E-state index contributed by atoms with van der Waals surface area (Å²) in [6, 6.07) is 0. The van der Waals surface area contributed by atoms with Crippen molar-refractivity contribution in [3.05, 3.63) is 11.9 Å². The number of aryl methyl sites for hydroxylation is 1. The van der Waals surface area contributed by atoms with E-state index in [2.05, 4.69) is 5.10 Å². The number of hydrogen-bond acceptors (Lipinski definition) is 3. The second kappa shape index (κ2) is 2.79. The maximum Gasteiger partial charge on any atom is 0.156 e. The number of nitrogens with zero attached hydrogens (tertiary/aromatic N) is 2. The number of rotatable bonds is 1. The zero-order valence-electron chi connectivity index (χ0n) is 7.03. The maximum atomic E-state index is 9.26. The lowest BCUT2D eigenvalue weighted by molar-refractivity contribution is 0.0464. The van der Waals surface area contributed by atoms with Crippen LogP contribution in [-0.2, 0) is 4.74 Å². The highest BCUT2D eigenvalue weighted by Gasteiger charge is 2.18. The molecule has 0 spiro atoms. The third-order valence-corrected chi connectivity index (χ3v) is 2.09. The van der Waals surface area contributed by atoms with Crippen molar-refractivity contribution in [3.63, 3.8) is 0 Å². The molecular weight excluding hydrogens is 156 g/mol. The lowest BCUT2D eigenvalue weighted by atomic mass is 10.3. The highest BCUT2D eigenvalue weighted by Crippen LogP contribution is 2.24. The van der Waals surface area contributed by atoms with Gasteiger partial charge in [-0.25, -0.2) is 4.68 Å². The molecule has 1 atom stereocenters. The number of aromatic hydroxyl groups is 1. The van der Waals surface area contributed by atoms with E-state index in [1.54, 1.807) is 17.8 Å². The number of hydrogen-bond donors (Lipinski definition) is 1. The molecule has 0 bridgehead atoms. The number of ether oxygens (including phenoxy) is 1. The Morgan fingerprint density at radius 1 is 1.75 bits per heavy atom. The van der Waals surface area contributed by atoms with Crippen molar-refractivity contribution in [1.82, 2.24) is 9.78 Å². The third kappa shape index (κ3) is 1.18. The van der Waals surface area contributed by atoms with E-state index in [9.17, 15) is 5.11 Å². The minimum absolute atomic E-state index is 0.0320. The third-order valence-electron chi connectivity index (χ3n) is 2.09. The van der Waals surface area contributed by atoms with Crippen molar-refractivity contribution < 1.29 is 9.84 Å². The highest BCUT2D eigenvalue weighted by molar-refractivity contribution is 5.20. The van der Waals surface area contributed by atoms with Crippen LogP contribution in [0.2, 0.25) is 0 Å². The van der Waals surface area contributed by atoms with Gasteiger partial charge >= 0.3 is 0 Å². The van der Waals surface area contributed by atoms with Gasteiger partial charge in [0.05, 0.1) is 6.20 Å². The van der Waals surface area contributed by atoms with Gasteiger partial charge in [-0.15, -0.1) is 0 Å². The largest absolute Gasteiger partial charge is 0.504 e. The smallest absolute Gasteiger partial charge is 0.156 e. The van der Waals surface area contributed by atoms with E-state index in [4.69, 9.17) is 4.74 Å². The second-order valence-corrected chi connectivity index (χ2v) is 3.05. The van der Waals surface area contributed by atoms with E-state index in [0.717, 1.165) is 19.4 Å². The molecule has 1 aromatic heterocycles. The first-order chi connectivity index (χ1) is 5.77. The van der Waals surface area contributed by atoms with E-state index < -0.39 is 0 Å². The molecule has 4 heteroatoms. The predicted molar refractivity (Wildman–Crippen MR) is 42.9 cm³/mol. The summed E-state index contributed by atoms with van der Waals surface area (Å²) in [5.74, 6) is 0.241. The van der Waals surface area contributed by atoms with Gasteiger partial charge in [-0.1, -0.05) is 0 Å².